The van der Waals surface area contributed by atoms with Crippen molar-refractivity contribution in [1.82, 2.24) is 58.6 Å². The van der Waals surface area contributed by atoms with Crippen LogP contribution in [0.2, 0.25) is 10.0 Å². The van der Waals surface area contributed by atoms with Crippen LogP contribution in [-0.2, 0) is 35.7 Å². The molecular formula is C73H65Cl2N15O8. The highest BCUT2D eigenvalue weighted by Crippen LogP contribution is 2.33. The molecule has 0 spiro atoms. The lowest BCUT2D eigenvalue weighted by atomic mass is 9.98. The summed E-state index contributed by atoms with van der Waals surface area (Å²) in [5, 5.41) is 6.16. The van der Waals surface area contributed by atoms with Gasteiger partial charge in [-0.15, -0.1) is 12.8 Å². The number of aliphatic imine (C=N–C) groups is 2. The lowest BCUT2D eigenvalue weighted by molar-refractivity contribution is 0.0508. The quantitative estimate of drug-likeness (QED) is 0.0946. The Morgan fingerprint density at radius 1 is 0.490 bits per heavy atom. The lowest BCUT2D eigenvalue weighted by Gasteiger charge is -2.14. The second-order valence-electron chi connectivity index (χ2n) is 21.7. The van der Waals surface area contributed by atoms with Crippen molar-refractivity contribution in [2.24, 2.45) is 15.7 Å². The number of terminal acetylenes is 2. The average Bonchev–Trinajstić information content (AvgIpc) is 1.60. The standard InChI is InChI=1S/C22H17N3O2.C21H16N4O.C15H14ClN3O3.C14H13ClN4O2.CH5N/c1-3-15-10-11-18-17(12-15)20(16-8-6-5-7-9-16)23-13-19-21(22(26)27-4-2)24-14-25(18)19;1-3-14-9-10-17-16(11-14)19(15-7-5-4-6-8-15)23-12-18-20(21(26)22-2)24-13-25(17)18;1-3-22-15(21)13-12-7-18(2)14(20)10-6-9(16)4-5-11(10)19(12)8-17-13;1-16-13(20)12-11-6-18(2)14(21)9-5-8(15)3-4-10(9)19(11)7-17-12;1-2/h1,5-12,14H,4,13H2,2H3;1,4-11,13H,12H2,2H3,(H,22,26);4-6,8H,3,7H2,1-2H3;3-5,7H,6H2,1-2H3,(H,16,20);2H2,1H3. The first kappa shape index (κ1) is 68.8. The van der Waals surface area contributed by atoms with Gasteiger partial charge < -0.3 is 35.6 Å². The second kappa shape index (κ2) is 30.6. The van der Waals surface area contributed by atoms with Crippen molar-refractivity contribution in [2.45, 2.75) is 40.0 Å². The number of carbonyl (C=O) groups excluding carboxylic acids is 6. The van der Waals surface area contributed by atoms with E-state index in [1.54, 1.807) is 111 Å². The number of nitrogens with two attached hydrogens (primary N) is 1. The maximum Gasteiger partial charge on any atom is 0.358 e. The van der Waals surface area contributed by atoms with E-state index in [9.17, 15) is 28.8 Å². The maximum absolute atomic E-state index is 12.5. The number of hydrogen-bond donors (Lipinski definition) is 3. The van der Waals surface area contributed by atoms with Crippen molar-refractivity contribution in [3.05, 3.63) is 259 Å². The first-order valence-corrected chi connectivity index (χ1v) is 31.4. The minimum atomic E-state index is -0.491. The van der Waals surface area contributed by atoms with Crippen LogP contribution in [0, 0.1) is 24.7 Å². The van der Waals surface area contributed by atoms with E-state index < -0.39 is 11.9 Å². The normalized spacial score (nSPS) is 12.6. The van der Waals surface area contributed by atoms with E-state index in [2.05, 4.69) is 48.1 Å². The van der Waals surface area contributed by atoms with Crippen LogP contribution in [0.15, 0.2) is 169 Å². The van der Waals surface area contributed by atoms with Gasteiger partial charge in [-0.05, 0) is 93.7 Å². The summed E-state index contributed by atoms with van der Waals surface area (Å²) in [5.41, 5.74) is 19.6. The third-order valence-corrected chi connectivity index (χ3v) is 16.3. The molecule has 4 amide bonds. The molecule has 6 aromatic carbocycles. The van der Waals surface area contributed by atoms with E-state index in [-0.39, 0.29) is 42.5 Å². The smallest absolute Gasteiger partial charge is 0.358 e. The fourth-order valence-electron chi connectivity index (χ4n) is 11.3. The van der Waals surface area contributed by atoms with Crippen molar-refractivity contribution in [2.75, 3.05) is 48.5 Å². The molecule has 8 heterocycles. The van der Waals surface area contributed by atoms with E-state index in [1.165, 1.54) is 18.3 Å². The Labute approximate surface area is 574 Å². The summed E-state index contributed by atoms with van der Waals surface area (Å²) in [5.74, 6) is 3.64. The zero-order valence-corrected chi connectivity index (χ0v) is 55.9. The van der Waals surface area contributed by atoms with Gasteiger partial charge in [-0.1, -0.05) is 95.7 Å². The van der Waals surface area contributed by atoms with E-state index in [4.69, 9.17) is 55.5 Å². The number of aromatic nitrogens is 8. The maximum atomic E-state index is 12.5. The summed E-state index contributed by atoms with van der Waals surface area (Å²) < 4.78 is 17.5. The van der Waals surface area contributed by atoms with E-state index >= 15 is 0 Å². The van der Waals surface area contributed by atoms with Crippen molar-refractivity contribution < 1.29 is 38.2 Å². The topological polar surface area (TPSA) is 273 Å². The molecule has 4 aliphatic heterocycles. The summed E-state index contributed by atoms with van der Waals surface area (Å²) in [6.45, 7) is 5.31. The lowest BCUT2D eigenvalue weighted by Crippen LogP contribution is -2.27. The fourth-order valence-corrected chi connectivity index (χ4v) is 11.6. The molecule has 4 N–H and O–H groups in total. The summed E-state index contributed by atoms with van der Waals surface area (Å²) in [4.78, 5) is 103. The molecule has 0 fully saturated rings. The predicted octanol–water partition coefficient (Wildman–Crippen LogP) is 9.28. The van der Waals surface area contributed by atoms with Crippen molar-refractivity contribution in [3.63, 3.8) is 0 Å². The number of hydrogen-bond acceptors (Lipinski definition) is 15. The molecular weight excluding hydrogens is 1290 g/mol. The summed E-state index contributed by atoms with van der Waals surface area (Å²) in [6.07, 6.45) is 17.6. The van der Waals surface area contributed by atoms with Crippen molar-refractivity contribution in [3.8, 4) is 47.4 Å². The zero-order chi connectivity index (χ0) is 69.9. The molecule has 98 heavy (non-hydrogen) atoms. The highest BCUT2D eigenvalue weighted by Gasteiger charge is 2.32. The van der Waals surface area contributed by atoms with Gasteiger partial charge in [0.05, 0.1) is 107 Å². The number of rotatable bonds is 8. The highest BCUT2D eigenvalue weighted by molar-refractivity contribution is 6.31. The third kappa shape index (κ3) is 13.9. The van der Waals surface area contributed by atoms with Crippen LogP contribution < -0.4 is 16.4 Å². The van der Waals surface area contributed by atoms with Crippen LogP contribution in [-0.4, -0.2) is 143 Å². The molecule has 4 aliphatic rings. The minimum Gasteiger partial charge on any atom is -0.461 e. The number of fused-ring (bicyclic) bond motifs is 12. The molecule has 4 aromatic heterocycles. The van der Waals surface area contributed by atoms with Crippen LogP contribution in [0.25, 0.3) is 22.7 Å². The highest BCUT2D eigenvalue weighted by atomic mass is 35.5. The SMILES string of the molecule is C#Cc1ccc2c(c1)C(c1ccccc1)=NCc1c(C(=O)NC)ncn1-2.C#Cc1ccc2c(c1)C(c1ccccc1)=NCc1c(C(=O)OCC)ncn1-2.CCOC(=O)c1ncn2c1CN(C)C(=O)c1cc(Cl)ccc1-2.CN.CNC(=O)c1ncn2c1CN(C)C(=O)c1cc(Cl)ccc1-2. The molecule has 0 saturated heterocycles. The number of imidazole rings is 4. The molecule has 0 atom stereocenters. The Balaban J connectivity index is 0.000000141. The number of halogens is 2. The van der Waals surface area contributed by atoms with Crippen LogP contribution in [0.3, 0.4) is 0 Å². The van der Waals surface area contributed by atoms with E-state index in [0.717, 1.165) is 61.9 Å². The number of benzene rings is 6. The molecule has 0 radical (unpaired) electrons. The number of nitrogens with one attached hydrogen (secondary N) is 2. The van der Waals surface area contributed by atoms with Gasteiger partial charge in [-0.3, -0.25) is 47.4 Å². The number of ether oxygens (including phenoxy) is 2. The number of nitrogens with zero attached hydrogens (tertiary/aromatic N) is 12. The molecule has 0 unspecified atom stereocenters. The Bertz CT molecular complexity index is 4900. The monoisotopic (exact) mass is 1350 g/mol. The van der Waals surface area contributed by atoms with E-state index in [0.29, 0.717) is 93.0 Å². The molecule has 494 valence electrons. The van der Waals surface area contributed by atoms with Gasteiger partial charge in [0, 0.05) is 71.6 Å². The van der Waals surface area contributed by atoms with Crippen LogP contribution in [0.4, 0.5) is 0 Å². The Morgan fingerprint density at radius 3 is 1.21 bits per heavy atom. The van der Waals surface area contributed by atoms with Gasteiger partial charge in [0.25, 0.3) is 23.6 Å². The van der Waals surface area contributed by atoms with Crippen molar-refractivity contribution >= 4 is 70.2 Å². The first-order chi connectivity index (χ1) is 47.5. The largest absolute Gasteiger partial charge is 0.461 e. The fraction of sp³-hybridized carbons (Fsp3) is 0.178. The first-order valence-electron chi connectivity index (χ1n) is 30.6. The van der Waals surface area contributed by atoms with Gasteiger partial charge in [-0.25, -0.2) is 29.5 Å². The Kier molecular flexibility index (Phi) is 21.5. The average molecular weight is 1350 g/mol. The number of esters is 2. The number of carbonyl (C=O) groups is 6. The molecule has 14 rings (SSSR count). The minimum absolute atomic E-state index is 0.140. The van der Waals surface area contributed by atoms with Gasteiger partial charge >= 0.3 is 11.9 Å². The van der Waals surface area contributed by atoms with Crippen LogP contribution >= 0.6 is 23.2 Å². The van der Waals surface area contributed by atoms with Gasteiger partial charge in [-0.2, -0.15) is 0 Å². The second-order valence-corrected chi connectivity index (χ2v) is 22.6. The third-order valence-electron chi connectivity index (χ3n) is 15.9. The molecule has 10 aromatic rings. The molecule has 0 aliphatic carbocycles. The van der Waals surface area contributed by atoms with Crippen molar-refractivity contribution in [1.29, 1.82) is 0 Å². The summed E-state index contributed by atoms with van der Waals surface area (Å²) in [6, 6.07) is 41.6. The van der Waals surface area contributed by atoms with Gasteiger partial charge in [0.2, 0.25) is 0 Å². The van der Waals surface area contributed by atoms with Gasteiger partial charge in [0.1, 0.15) is 25.3 Å². The predicted molar refractivity (Wildman–Crippen MR) is 372 cm³/mol. The Morgan fingerprint density at radius 2 is 0.827 bits per heavy atom. The molecule has 25 heteroatoms. The van der Waals surface area contributed by atoms with Crippen LogP contribution in [0.1, 0.15) is 133 Å². The van der Waals surface area contributed by atoms with Gasteiger partial charge in [0.15, 0.2) is 22.8 Å². The summed E-state index contributed by atoms with van der Waals surface area (Å²) in [7, 11) is 8.00. The van der Waals surface area contributed by atoms with Crippen LogP contribution in [0.5, 0.6) is 0 Å². The summed E-state index contributed by atoms with van der Waals surface area (Å²) >= 11 is 12.0. The zero-order valence-electron chi connectivity index (χ0n) is 54.4. The number of amides is 4. The molecule has 23 nitrogen and oxygen atoms in total. The van der Waals surface area contributed by atoms with E-state index in [1.807, 2.05) is 106 Å². The molecule has 0 saturated carbocycles. The Hall–Kier alpha value is -12.0. The molecule has 0 bridgehead atoms.